The molecule has 32 heavy (non-hydrogen) atoms. The second kappa shape index (κ2) is 9.60. The summed E-state index contributed by atoms with van der Waals surface area (Å²) in [5.41, 5.74) is 5.25. The maximum absolute atomic E-state index is 12.8. The highest BCUT2D eigenvalue weighted by molar-refractivity contribution is 5.94. The summed E-state index contributed by atoms with van der Waals surface area (Å²) in [6, 6.07) is 13.5. The summed E-state index contributed by atoms with van der Waals surface area (Å²) in [4.78, 5) is 37.1. The summed E-state index contributed by atoms with van der Waals surface area (Å²) >= 11 is 0. The van der Waals surface area contributed by atoms with E-state index in [1.54, 1.807) is 19.9 Å². The third kappa shape index (κ3) is 5.11. The Balaban J connectivity index is 1.90. The smallest absolute Gasteiger partial charge is 0.267 e. The van der Waals surface area contributed by atoms with E-state index < -0.39 is 6.04 Å². The molecule has 0 radical (unpaired) electrons. The molecule has 1 heterocycles. The van der Waals surface area contributed by atoms with Gasteiger partial charge in [0.15, 0.2) is 0 Å². The van der Waals surface area contributed by atoms with Crippen LogP contribution >= 0.6 is 0 Å². The molecule has 0 spiro atoms. The molecule has 2 N–H and O–H groups in total. The summed E-state index contributed by atoms with van der Waals surface area (Å²) in [6.45, 7) is 9.24. The quantitative estimate of drug-likeness (QED) is 0.604. The Morgan fingerprint density at radius 1 is 0.938 bits per heavy atom. The predicted octanol–water partition coefficient (Wildman–Crippen LogP) is 4.38. The first kappa shape index (κ1) is 22.9. The van der Waals surface area contributed by atoms with Crippen molar-refractivity contribution < 1.29 is 9.59 Å². The average molecular weight is 433 g/mol. The average Bonchev–Trinajstić information content (AvgIpc) is 2.77. The van der Waals surface area contributed by atoms with Gasteiger partial charge >= 0.3 is 0 Å². The van der Waals surface area contributed by atoms with Gasteiger partial charge in [0.2, 0.25) is 11.8 Å². The molecule has 7 heteroatoms. The minimum absolute atomic E-state index is 0.0835. The fourth-order valence-electron chi connectivity index (χ4n) is 3.31. The van der Waals surface area contributed by atoms with Crippen molar-refractivity contribution in [3.05, 3.63) is 75.6 Å². The molecule has 2 amide bonds. The number of rotatable bonds is 6. The number of nitrogens with one attached hydrogen (secondary N) is 2. The lowest BCUT2D eigenvalue weighted by atomic mass is 10.1. The Hall–Kier alpha value is -3.74. The van der Waals surface area contributed by atoms with E-state index in [9.17, 15) is 14.4 Å². The number of amides is 2. The SMILES string of the molecule is CCC(=O)Nc1cc(-c2ccc(=O)n([C@@H](C)C(=O)Nc3ccc(C)cc3C)n2)ccc1C. The number of aromatic nitrogens is 2. The van der Waals surface area contributed by atoms with Crippen LogP contribution in [-0.2, 0) is 9.59 Å². The van der Waals surface area contributed by atoms with Crippen molar-refractivity contribution in [2.24, 2.45) is 0 Å². The van der Waals surface area contributed by atoms with E-state index in [2.05, 4.69) is 15.7 Å². The lowest BCUT2D eigenvalue weighted by Crippen LogP contribution is -2.33. The summed E-state index contributed by atoms with van der Waals surface area (Å²) < 4.78 is 1.18. The lowest BCUT2D eigenvalue weighted by Gasteiger charge is -2.16. The molecule has 3 aromatic rings. The van der Waals surface area contributed by atoms with Crippen molar-refractivity contribution in [3.8, 4) is 11.3 Å². The Bertz CT molecular complexity index is 1230. The Morgan fingerprint density at radius 3 is 2.38 bits per heavy atom. The van der Waals surface area contributed by atoms with Gasteiger partial charge in [0.1, 0.15) is 6.04 Å². The molecule has 2 aromatic carbocycles. The normalized spacial score (nSPS) is 11.7. The van der Waals surface area contributed by atoms with Gasteiger partial charge in [-0.25, -0.2) is 4.68 Å². The van der Waals surface area contributed by atoms with E-state index in [1.807, 2.05) is 57.2 Å². The molecule has 0 unspecified atom stereocenters. The summed E-state index contributed by atoms with van der Waals surface area (Å²) in [6.07, 6.45) is 0.375. The minimum atomic E-state index is -0.812. The van der Waals surface area contributed by atoms with Gasteiger partial charge in [-0.2, -0.15) is 5.10 Å². The zero-order valence-corrected chi connectivity index (χ0v) is 19.0. The first-order chi connectivity index (χ1) is 15.2. The van der Waals surface area contributed by atoms with E-state index in [4.69, 9.17) is 0 Å². The van der Waals surface area contributed by atoms with Crippen molar-refractivity contribution in [1.82, 2.24) is 9.78 Å². The van der Waals surface area contributed by atoms with Crippen LogP contribution < -0.4 is 16.2 Å². The molecular formula is C25H28N4O3. The zero-order chi connectivity index (χ0) is 23.4. The summed E-state index contributed by atoms with van der Waals surface area (Å²) in [5, 5.41) is 10.2. The van der Waals surface area contributed by atoms with Crippen molar-refractivity contribution in [1.29, 1.82) is 0 Å². The number of benzene rings is 2. The molecule has 7 nitrogen and oxygen atoms in total. The molecule has 0 aliphatic rings. The number of hydrogen-bond acceptors (Lipinski definition) is 4. The Morgan fingerprint density at radius 2 is 1.69 bits per heavy atom. The van der Waals surface area contributed by atoms with Gasteiger partial charge in [-0.15, -0.1) is 0 Å². The van der Waals surface area contributed by atoms with Crippen LogP contribution in [0.25, 0.3) is 11.3 Å². The maximum Gasteiger partial charge on any atom is 0.267 e. The third-order valence-corrected chi connectivity index (χ3v) is 5.34. The number of aryl methyl sites for hydroxylation is 3. The predicted molar refractivity (Wildman–Crippen MR) is 127 cm³/mol. The van der Waals surface area contributed by atoms with Crippen molar-refractivity contribution in [2.45, 2.75) is 47.1 Å². The molecule has 0 aliphatic heterocycles. The van der Waals surface area contributed by atoms with E-state index in [-0.39, 0.29) is 17.4 Å². The third-order valence-electron chi connectivity index (χ3n) is 5.34. The van der Waals surface area contributed by atoms with Gasteiger partial charge in [-0.1, -0.05) is 36.8 Å². The maximum atomic E-state index is 12.8. The molecule has 0 fully saturated rings. The standard InChI is InChI=1S/C25H28N4O3/c1-6-23(30)26-22-14-19(9-8-16(22)3)21-11-12-24(31)29(28-21)18(5)25(32)27-20-10-7-15(2)13-17(20)4/h7-14,18H,6H2,1-5H3,(H,26,30)(H,27,32)/t18-/m0/s1. The molecule has 3 rings (SSSR count). The van der Waals surface area contributed by atoms with E-state index >= 15 is 0 Å². The second-order valence-electron chi connectivity index (χ2n) is 7.92. The van der Waals surface area contributed by atoms with Crippen LogP contribution in [0.3, 0.4) is 0 Å². The molecule has 0 bridgehead atoms. The monoisotopic (exact) mass is 432 g/mol. The topological polar surface area (TPSA) is 93.1 Å². The molecule has 166 valence electrons. The van der Waals surface area contributed by atoms with Crippen molar-refractivity contribution in [2.75, 3.05) is 10.6 Å². The largest absolute Gasteiger partial charge is 0.326 e. The van der Waals surface area contributed by atoms with Crippen molar-refractivity contribution in [3.63, 3.8) is 0 Å². The molecule has 0 saturated carbocycles. The second-order valence-corrected chi connectivity index (χ2v) is 7.92. The van der Waals surface area contributed by atoms with Gasteiger partial charge in [0.05, 0.1) is 5.69 Å². The summed E-state index contributed by atoms with van der Waals surface area (Å²) in [7, 11) is 0. The van der Waals surface area contributed by atoms with Crippen LogP contribution in [0.15, 0.2) is 53.3 Å². The molecule has 0 saturated heterocycles. The van der Waals surface area contributed by atoms with Crippen LogP contribution in [0.5, 0.6) is 0 Å². The Kier molecular flexibility index (Phi) is 6.88. The van der Waals surface area contributed by atoms with Gasteiger partial charge < -0.3 is 10.6 Å². The first-order valence-electron chi connectivity index (χ1n) is 10.6. The summed E-state index contributed by atoms with van der Waals surface area (Å²) in [5.74, 6) is -0.414. The van der Waals surface area contributed by atoms with Crippen LogP contribution in [-0.4, -0.2) is 21.6 Å². The van der Waals surface area contributed by atoms with Crippen molar-refractivity contribution >= 4 is 23.2 Å². The highest BCUT2D eigenvalue weighted by Crippen LogP contribution is 2.24. The fourth-order valence-corrected chi connectivity index (χ4v) is 3.31. The zero-order valence-electron chi connectivity index (χ0n) is 19.0. The molecule has 1 atom stereocenters. The molecule has 1 aromatic heterocycles. The van der Waals surface area contributed by atoms with E-state index in [0.29, 0.717) is 23.5 Å². The van der Waals surface area contributed by atoms with E-state index in [0.717, 1.165) is 22.3 Å². The van der Waals surface area contributed by atoms with Crippen LogP contribution in [0.4, 0.5) is 11.4 Å². The van der Waals surface area contributed by atoms with Gasteiger partial charge in [0, 0.05) is 29.4 Å². The van der Waals surface area contributed by atoms with Crippen LogP contribution in [0, 0.1) is 20.8 Å². The highest BCUT2D eigenvalue weighted by atomic mass is 16.2. The molecular weight excluding hydrogens is 404 g/mol. The number of nitrogens with zero attached hydrogens (tertiary/aromatic N) is 2. The first-order valence-corrected chi connectivity index (χ1v) is 10.6. The molecule has 0 aliphatic carbocycles. The van der Waals surface area contributed by atoms with E-state index in [1.165, 1.54) is 10.7 Å². The Labute approximate surface area is 187 Å². The van der Waals surface area contributed by atoms with Gasteiger partial charge in [0.25, 0.3) is 5.56 Å². The van der Waals surface area contributed by atoms with Gasteiger partial charge in [-0.3, -0.25) is 14.4 Å². The lowest BCUT2D eigenvalue weighted by molar-refractivity contribution is -0.119. The van der Waals surface area contributed by atoms with Crippen LogP contribution in [0.2, 0.25) is 0 Å². The number of hydrogen-bond donors (Lipinski definition) is 2. The number of carbonyl (C=O) groups excluding carboxylic acids is 2. The van der Waals surface area contributed by atoms with Crippen LogP contribution in [0.1, 0.15) is 43.0 Å². The highest BCUT2D eigenvalue weighted by Gasteiger charge is 2.19. The number of carbonyl (C=O) groups is 2. The fraction of sp³-hybridized carbons (Fsp3) is 0.280. The minimum Gasteiger partial charge on any atom is -0.326 e. The number of anilines is 2. The van der Waals surface area contributed by atoms with Gasteiger partial charge in [-0.05, 0) is 57.0 Å².